The number of hydrogen-bond acceptors (Lipinski definition) is 7. The van der Waals surface area contributed by atoms with Gasteiger partial charge in [0.05, 0.1) is 23.1 Å². The highest BCUT2D eigenvalue weighted by atomic mass is 19.1. The number of hydrogen-bond donors (Lipinski definition) is 3. The molecule has 7 rings (SSSR count). The Morgan fingerprint density at radius 3 is 2.58 bits per heavy atom. The molecular formula is C33H34FN9. The van der Waals surface area contributed by atoms with E-state index in [0.29, 0.717) is 12.2 Å². The molecule has 218 valence electrons. The molecule has 0 unspecified atom stereocenters. The third-order valence-corrected chi connectivity index (χ3v) is 8.05. The lowest BCUT2D eigenvalue weighted by Gasteiger charge is -2.14. The van der Waals surface area contributed by atoms with Crippen LogP contribution in [0.1, 0.15) is 18.4 Å². The summed E-state index contributed by atoms with van der Waals surface area (Å²) in [6.07, 6.45) is 11.8. The number of rotatable bonds is 9. The Hall–Kier alpha value is -4.67. The maximum atomic E-state index is 14.7. The van der Waals surface area contributed by atoms with E-state index in [2.05, 4.69) is 63.4 Å². The molecule has 9 nitrogen and oxygen atoms in total. The van der Waals surface area contributed by atoms with Crippen LogP contribution in [-0.4, -0.2) is 80.2 Å². The summed E-state index contributed by atoms with van der Waals surface area (Å²) in [7, 11) is 4.03. The normalized spacial score (nSPS) is 14.0. The van der Waals surface area contributed by atoms with Crippen LogP contribution < -0.4 is 5.32 Å². The van der Waals surface area contributed by atoms with Crippen LogP contribution in [-0.2, 0) is 6.54 Å². The van der Waals surface area contributed by atoms with Crippen molar-refractivity contribution in [1.82, 2.24) is 39.9 Å². The fourth-order valence-electron chi connectivity index (χ4n) is 5.88. The van der Waals surface area contributed by atoms with Gasteiger partial charge in [-0.05, 0) is 87.6 Å². The van der Waals surface area contributed by atoms with Crippen molar-refractivity contribution in [2.45, 2.75) is 19.4 Å². The molecule has 6 aromatic rings. The summed E-state index contributed by atoms with van der Waals surface area (Å²) in [5, 5.41) is 12.8. The summed E-state index contributed by atoms with van der Waals surface area (Å²) in [6, 6.07) is 11.4. The van der Waals surface area contributed by atoms with Crippen molar-refractivity contribution in [3.05, 3.63) is 78.8 Å². The van der Waals surface area contributed by atoms with Gasteiger partial charge in [0.25, 0.3) is 0 Å². The Kier molecular flexibility index (Phi) is 7.30. The number of H-pyrrole nitrogens is 2. The van der Waals surface area contributed by atoms with Crippen molar-refractivity contribution in [2.24, 2.45) is 0 Å². The Morgan fingerprint density at radius 2 is 1.72 bits per heavy atom. The fraction of sp³-hybridized carbons (Fsp3) is 0.273. The molecule has 10 heteroatoms. The van der Waals surface area contributed by atoms with Crippen LogP contribution in [0.5, 0.6) is 0 Å². The highest BCUT2D eigenvalue weighted by Crippen LogP contribution is 2.35. The van der Waals surface area contributed by atoms with E-state index < -0.39 is 0 Å². The van der Waals surface area contributed by atoms with Gasteiger partial charge in [-0.2, -0.15) is 5.10 Å². The van der Waals surface area contributed by atoms with Crippen LogP contribution in [0, 0.1) is 5.82 Å². The zero-order chi connectivity index (χ0) is 29.3. The van der Waals surface area contributed by atoms with E-state index in [-0.39, 0.29) is 5.82 Å². The number of likely N-dealkylation sites (tertiary alicyclic amines) is 1. The van der Waals surface area contributed by atoms with Crippen LogP contribution in [0.25, 0.3) is 55.6 Å². The molecule has 1 saturated heterocycles. The van der Waals surface area contributed by atoms with Gasteiger partial charge in [-0.25, -0.2) is 9.37 Å². The van der Waals surface area contributed by atoms with Crippen molar-refractivity contribution >= 4 is 27.6 Å². The van der Waals surface area contributed by atoms with Gasteiger partial charge in [0.15, 0.2) is 5.65 Å². The minimum atomic E-state index is -0.297. The highest BCUT2D eigenvalue weighted by molar-refractivity contribution is 6.00. The second kappa shape index (κ2) is 11.5. The molecule has 0 saturated carbocycles. The maximum absolute atomic E-state index is 14.7. The van der Waals surface area contributed by atoms with Crippen LogP contribution in [0.15, 0.2) is 67.4 Å². The number of pyridine rings is 3. The third-order valence-electron chi connectivity index (χ3n) is 8.05. The van der Waals surface area contributed by atoms with Gasteiger partial charge >= 0.3 is 0 Å². The van der Waals surface area contributed by atoms with Gasteiger partial charge in [-0.3, -0.25) is 20.0 Å². The second-order valence-electron chi connectivity index (χ2n) is 11.5. The van der Waals surface area contributed by atoms with Gasteiger partial charge in [0.2, 0.25) is 0 Å². The summed E-state index contributed by atoms with van der Waals surface area (Å²) in [6.45, 7) is 4.77. The minimum absolute atomic E-state index is 0.297. The molecule has 1 fully saturated rings. The van der Waals surface area contributed by atoms with E-state index in [0.717, 1.165) is 81.8 Å². The molecule has 0 spiro atoms. The minimum Gasteiger partial charge on any atom is -0.384 e. The SMILES string of the molecule is CN(C)CCNc1cc(F)cc(-c2cncc3[nH]c(-c4[nH]nc5ncc(-c6cncc(CN7CCCC7)c6)cc45)cc23)c1. The number of nitrogens with one attached hydrogen (secondary N) is 3. The first-order valence-corrected chi connectivity index (χ1v) is 14.7. The number of likely N-dealkylation sites (N-methyl/N-ethyl adjacent to an activating group) is 1. The fourth-order valence-corrected chi connectivity index (χ4v) is 5.88. The predicted octanol–water partition coefficient (Wildman–Crippen LogP) is 5.94. The number of halogens is 1. The lowest BCUT2D eigenvalue weighted by molar-refractivity contribution is 0.331. The first-order chi connectivity index (χ1) is 21.0. The molecular weight excluding hydrogens is 541 g/mol. The van der Waals surface area contributed by atoms with Crippen molar-refractivity contribution < 1.29 is 4.39 Å². The first-order valence-electron chi connectivity index (χ1n) is 14.7. The maximum Gasteiger partial charge on any atom is 0.181 e. The zero-order valence-electron chi connectivity index (χ0n) is 24.4. The molecule has 1 aliphatic heterocycles. The summed E-state index contributed by atoms with van der Waals surface area (Å²) in [5.74, 6) is -0.297. The van der Waals surface area contributed by atoms with Crippen LogP contribution in [0.4, 0.5) is 10.1 Å². The average Bonchev–Trinajstić information content (AvgIpc) is 3.76. The molecule has 43 heavy (non-hydrogen) atoms. The Bertz CT molecular complexity index is 1900. The van der Waals surface area contributed by atoms with Crippen molar-refractivity contribution in [2.75, 3.05) is 45.6 Å². The van der Waals surface area contributed by atoms with Crippen LogP contribution in [0.2, 0.25) is 0 Å². The highest BCUT2D eigenvalue weighted by Gasteiger charge is 2.17. The summed E-state index contributed by atoms with van der Waals surface area (Å²) in [4.78, 5) is 21.7. The van der Waals surface area contributed by atoms with E-state index in [1.165, 1.54) is 24.5 Å². The lowest BCUT2D eigenvalue weighted by Crippen LogP contribution is -2.20. The monoisotopic (exact) mass is 575 g/mol. The Morgan fingerprint density at radius 1 is 0.884 bits per heavy atom. The van der Waals surface area contributed by atoms with E-state index >= 15 is 0 Å². The predicted molar refractivity (Wildman–Crippen MR) is 169 cm³/mol. The average molecular weight is 576 g/mol. The van der Waals surface area contributed by atoms with Crippen LogP contribution in [0.3, 0.4) is 0 Å². The van der Waals surface area contributed by atoms with E-state index in [1.54, 1.807) is 18.5 Å². The molecule has 0 bridgehead atoms. The van der Waals surface area contributed by atoms with Gasteiger partial charge in [0.1, 0.15) is 5.82 Å². The largest absolute Gasteiger partial charge is 0.384 e. The van der Waals surface area contributed by atoms with Crippen molar-refractivity contribution in [3.63, 3.8) is 0 Å². The number of anilines is 1. The lowest BCUT2D eigenvalue weighted by atomic mass is 10.0. The van der Waals surface area contributed by atoms with Crippen molar-refractivity contribution in [1.29, 1.82) is 0 Å². The number of benzene rings is 1. The number of aromatic amines is 2. The van der Waals surface area contributed by atoms with Gasteiger partial charge < -0.3 is 15.2 Å². The molecule has 0 amide bonds. The molecule has 0 radical (unpaired) electrons. The summed E-state index contributed by atoms with van der Waals surface area (Å²) < 4.78 is 14.7. The van der Waals surface area contributed by atoms with E-state index in [1.807, 2.05) is 38.8 Å². The molecule has 0 atom stereocenters. The first kappa shape index (κ1) is 27.2. The molecule has 5 aromatic heterocycles. The summed E-state index contributed by atoms with van der Waals surface area (Å²) >= 11 is 0. The number of aromatic nitrogens is 6. The van der Waals surface area contributed by atoms with Gasteiger partial charge in [-0.15, -0.1) is 0 Å². The van der Waals surface area contributed by atoms with Gasteiger partial charge in [-0.1, -0.05) is 0 Å². The Balaban J connectivity index is 1.22. The molecule has 1 aliphatic rings. The molecule has 0 aliphatic carbocycles. The van der Waals surface area contributed by atoms with E-state index in [4.69, 9.17) is 0 Å². The smallest absolute Gasteiger partial charge is 0.181 e. The molecule has 3 N–H and O–H groups in total. The van der Waals surface area contributed by atoms with Crippen molar-refractivity contribution in [3.8, 4) is 33.6 Å². The standard InChI is InChI=1S/C33H34FN9/c1-42(2)8-5-37-26-11-22(10-25(34)13-26)29-18-36-19-31-27(29)14-30(39-31)32-28-12-24(17-38-33(28)41-40-32)23-9-21(15-35-16-23)20-43-6-3-4-7-43/h9-19,37,39H,3-8,20H2,1-2H3,(H,38,40,41). The second-order valence-corrected chi connectivity index (χ2v) is 11.5. The number of nitrogens with zero attached hydrogens (tertiary/aromatic N) is 6. The molecule has 1 aromatic carbocycles. The topological polar surface area (TPSA) is 102 Å². The number of fused-ring (bicyclic) bond motifs is 2. The zero-order valence-corrected chi connectivity index (χ0v) is 24.4. The Labute approximate surface area is 249 Å². The quantitative estimate of drug-likeness (QED) is 0.196. The van der Waals surface area contributed by atoms with Gasteiger partial charge in [0, 0.05) is 77.6 Å². The summed E-state index contributed by atoms with van der Waals surface area (Å²) in [5.41, 5.74) is 8.73. The molecule has 6 heterocycles. The van der Waals surface area contributed by atoms with E-state index in [9.17, 15) is 4.39 Å². The third kappa shape index (κ3) is 5.71. The van der Waals surface area contributed by atoms with Crippen LogP contribution >= 0.6 is 0 Å².